The number of imidazole rings is 1. The number of esters is 2. The molecule has 2 heterocycles. The van der Waals surface area contributed by atoms with Crippen molar-refractivity contribution in [2.45, 2.75) is 111 Å². The first-order chi connectivity index (χ1) is 19.4. The minimum absolute atomic E-state index is 0.273. The van der Waals surface area contributed by atoms with Crippen LogP contribution in [0.15, 0.2) is 12.7 Å². The number of anilines is 1. The lowest BCUT2D eigenvalue weighted by molar-refractivity contribution is -0.149. The second kappa shape index (κ2) is 16.7. The molecule has 14 heteroatoms. The molecule has 0 spiro atoms. The van der Waals surface area contributed by atoms with Crippen molar-refractivity contribution in [3.63, 3.8) is 0 Å². The van der Waals surface area contributed by atoms with Crippen molar-refractivity contribution >= 4 is 36.4 Å². The molecule has 0 aliphatic heterocycles. The third-order valence-electron chi connectivity index (χ3n) is 6.37. The van der Waals surface area contributed by atoms with Crippen molar-refractivity contribution in [1.29, 1.82) is 0 Å². The van der Waals surface area contributed by atoms with Gasteiger partial charge in [0.25, 0.3) is 0 Å². The number of hydrogen-bond donors (Lipinski definition) is 3. The minimum atomic E-state index is -3.69. The molecule has 0 amide bonds. The number of ether oxygens (including phenoxy) is 3. The van der Waals surface area contributed by atoms with Gasteiger partial charge < -0.3 is 24.5 Å². The fraction of sp³-hybridized carbons (Fsp3) is 0.741. The maximum atomic E-state index is 14.2. The average molecular weight is 598 g/mol. The molecule has 0 bridgehead atoms. The Balaban J connectivity index is 2.10. The van der Waals surface area contributed by atoms with Crippen LogP contribution < -0.4 is 15.9 Å². The molecule has 3 atom stereocenters. The molecular formula is C27H48N7O6P. The number of unbranched alkanes of at least 4 members (excludes halogenated alkanes) is 5. The van der Waals surface area contributed by atoms with Gasteiger partial charge in [-0.1, -0.05) is 46.0 Å². The Bertz CT molecular complexity index is 1160. The fourth-order valence-corrected chi connectivity index (χ4v) is 6.48. The predicted molar refractivity (Wildman–Crippen MR) is 158 cm³/mol. The van der Waals surface area contributed by atoms with Crippen LogP contribution in [0.3, 0.4) is 0 Å². The molecule has 0 saturated heterocycles. The van der Waals surface area contributed by atoms with Gasteiger partial charge in [-0.2, -0.15) is 0 Å². The van der Waals surface area contributed by atoms with Crippen LogP contribution in [0.5, 0.6) is 0 Å². The van der Waals surface area contributed by atoms with E-state index in [1.54, 1.807) is 31.7 Å². The molecule has 1 unspecified atom stereocenters. The van der Waals surface area contributed by atoms with E-state index in [1.807, 2.05) is 6.92 Å². The Hall–Kier alpha value is -2.60. The highest BCUT2D eigenvalue weighted by Crippen LogP contribution is 2.40. The van der Waals surface area contributed by atoms with E-state index in [0.29, 0.717) is 17.7 Å². The van der Waals surface area contributed by atoms with Crippen LogP contribution in [0.1, 0.15) is 86.5 Å². The van der Waals surface area contributed by atoms with Gasteiger partial charge in [0.15, 0.2) is 11.5 Å². The van der Waals surface area contributed by atoms with Crippen LogP contribution in [0, 0.1) is 0 Å². The summed E-state index contributed by atoms with van der Waals surface area (Å²) in [7, 11) is -3.69. The molecule has 2 rings (SSSR count). The molecule has 0 aliphatic carbocycles. The number of nitrogen functional groups attached to an aromatic ring is 1. The highest BCUT2D eigenvalue weighted by atomic mass is 31.2. The number of carbonyl (C=O) groups excluding carboxylic acids is 2. The Labute approximate surface area is 243 Å². The summed E-state index contributed by atoms with van der Waals surface area (Å²) in [4.78, 5) is 38.0. The summed E-state index contributed by atoms with van der Waals surface area (Å²) in [5, 5.41) is 5.78. The molecule has 0 fully saturated rings. The quantitative estimate of drug-likeness (QED) is 0.113. The fourth-order valence-electron chi connectivity index (χ4n) is 4.08. The third-order valence-corrected chi connectivity index (χ3v) is 8.61. The lowest BCUT2D eigenvalue weighted by Crippen LogP contribution is -2.50. The van der Waals surface area contributed by atoms with Crippen LogP contribution in [0.2, 0.25) is 0 Å². The molecule has 2 aromatic heterocycles. The number of hydrogen-bond acceptors (Lipinski definition) is 10. The van der Waals surface area contributed by atoms with Crippen molar-refractivity contribution in [3.8, 4) is 0 Å². The summed E-state index contributed by atoms with van der Waals surface area (Å²) >= 11 is 0. The molecular weight excluding hydrogens is 549 g/mol. The monoisotopic (exact) mass is 597 g/mol. The van der Waals surface area contributed by atoms with Crippen LogP contribution in [-0.4, -0.2) is 68.7 Å². The Morgan fingerprint density at radius 3 is 2.39 bits per heavy atom. The summed E-state index contributed by atoms with van der Waals surface area (Å²) < 4.78 is 32.7. The standard InChI is InChI=1S/C27H48N7O6P/c1-7-9-11-13-15-39-26(36)27(5,6)33-41(37,32-21(4)25(35)38-14-12-10-8-2)19-40-20(3)16-34-18-31-22-23(28)29-17-30-24(22)34/h17-18,20-21H,7-16,19H2,1-6H3,(H2,28,29,30)(H2,32,33,37)/t20-,21-,41?/m1/s1. The largest absolute Gasteiger partial charge is 0.465 e. The molecule has 0 saturated carbocycles. The van der Waals surface area contributed by atoms with Gasteiger partial charge in [0, 0.05) is 0 Å². The zero-order valence-electron chi connectivity index (χ0n) is 25.4. The van der Waals surface area contributed by atoms with Gasteiger partial charge in [0.1, 0.15) is 29.8 Å². The zero-order chi connectivity index (χ0) is 30.5. The Morgan fingerprint density at radius 2 is 1.68 bits per heavy atom. The molecule has 2 aromatic rings. The number of aromatic nitrogens is 4. The number of nitrogens with two attached hydrogens (primary N) is 1. The SMILES string of the molecule is CCCCCCOC(=O)C(C)(C)NP(=O)(CO[C@H](C)Cn1cnc2c(N)ncnc21)N[C@H](C)C(=O)OCCCCC. The van der Waals surface area contributed by atoms with E-state index < -0.39 is 37.1 Å². The molecule has 0 aromatic carbocycles. The normalized spacial score (nSPS) is 14.9. The topological polar surface area (TPSA) is 173 Å². The molecule has 0 radical (unpaired) electrons. The van der Waals surface area contributed by atoms with E-state index in [2.05, 4.69) is 39.0 Å². The molecule has 13 nitrogen and oxygen atoms in total. The second-order valence-electron chi connectivity index (χ2n) is 10.8. The summed E-state index contributed by atoms with van der Waals surface area (Å²) in [6.07, 6.45) is 8.75. The van der Waals surface area contributed by atoms with Gasteiger partial charge in [-0.15, -0.1) is 0 Å². The first kappa shape index (κ1) is 34.6. The number of rotatable bonds is 20. The van der Waals surface area contributed by atoms with Gasteiger partial charge in [-0.05, 0) is 40.5 Å². The average Bonchev–Trinajstić information content (AvgIpc) is 3.33. The van der Waals surface area contributed by atoms with Gasteiger partial charge in [-0.3, -0.25) is 14.2 Å². The van der Waals surface area contributed by atoms with Gasteiger partial charge >= 0.3 is 11.9 Å². The molecule has 41 heavy (non-hydrogen) atoms. The molecule has 4 N–H and O–H groups in total. The van der Waals surface area contributed by atoms with Gasteiger partial charge in [0.2, 0.25) is 7.44 Å². The number of nitrogens with one attached hydrogen (secondary N) is 2. The van der Waals surface area contributed by atoms with Crippen LogP contribution in [0.25, 0.3) is 11.2 Å². The van der Waals surface area contributed by atoms with E-state index >= 15 is 0 Å². The van der Waals surface area contributed by atoms with E-state index in [1.165, 1.54) is 6.33 Å². The first-order valence-corrected chi connectivity index (χ1v) is 16.3. The van der Waals surface area contributed by atoms with Crippen molar-refractivity contribution in [3.05, 3.63) is 12.7 Å². The smallest absolute Gasteiger partial charge is 0.326 e. The lowest BCUT2D eigenvalue weighted by Gasteiger charge is -2.32. The molecule has 232 valence electrons. The van der Waals surface area contributed by atoms with E-state index in [9.17, 15) is 14.2 Å². The van der Waals surface area contributed by atoms with Gasteiger partial charge in [-0.25, -0.2) is 25.1 Å². The van der Waals surface area contributed by atoms with Crippen molar-refractivity contribution in [2.24, 2.45) is 0 Å². The van der Waals surface area contributed by atoms with Gasteiger partial charge in [0.05, 0.1) is 32.2 Å². The maximum Gasteiger partial charge on any atom is 0.326 e. The Kier molecular flexibility index (Phi) is 14.1. The molecule has 0 aliphatic rings. The summed E-state index contributed by atoms with van der Waals surface area (Å²) in [6, 6.07) is -0.910. The number of carbonyl (C=O) groups is 2. The van der Waals surface area contributed by atoms with Crippen LogP contribution >= 0.6 is 7.44 Å². The van der Waals surface area contributed by atoms with Crippen LogP contribution in [-0.2, 0) is 34.9 Å². The summed E-state index contributed by atoms with van der Waals surface area (Å²) in [5.41, 5.74) is 5.59. The van der Waals surface area contributed by atoms with Crippen molar-refractivity contribution in [1.82, 2.24) is 29.7 Å². The highest BCUT2D eigenvalue weighted by molar-refractivity contribution is 7.59. The van der Waals surface area contributed by atoms with Crippen molar-refractivity contribution < 1.29 is 28.4 Å². The van der Waals surface area contributed by atoms with Crippen molar-refractivity contribution in [2.75, 3.05) is 25.3 Å². The summed E-state index contributed by atoms with van der Waals surface area (Å²) in [5.74, 6) is -0.800. The zero-order valence-corrected chi connectivity index (χ0v) is 26.2. The summed E-state index contributed by atoms with van der Waals surface area (Å²) in [6.45, 7) is 11.6. The lowest BCUT2D eigenvalue weighted by atomic mass is 10.1. The third kappa shape index (κ3) is 11.3. The second-order valence-corrected chi connectivity index (χ2v) is 13.1. The Morgan fingerprint density at radius 1 is 1.02 bits per heavy atom. The first-order valence-electron chi connectivity index (χ1n) is 14.5. The minimum Gasteiger partial charge on any atom is -0.465 e. The number of fused-ring (bicyclic) bond motifs is 1. The predicted octanol–water partition coefficient (Wildman–Crippen LogP) is 4.17. The highest BCUT2D eigenvalue weighted by Gasteiger charge is 2.39. The van der Waals surface area contributed by atoms with E-state index in [4.69, 9.17) is 19.9 Å². The number of nitrogens with zero attached hydrogens (tertiary/aromatic N) is 4. The maximum absolute atomic E-state index is 14.2. The van der Waals surface area contributed by atoms with E-state index in [-0.39, 0.29) is 25.4 Å². The van der Waals surface area contributed by atoms with E-state index in [0.717, 1.165) is 44.9 Å². The van der Waals surface area contributed by atoms with Crippen LogP contribution in [0.4, 0.5) is 5.82 Å².